The molecule has 0 unspecified atom stereocenters. The number of amides is 1. The average Bonchev–Trinajstić information content (AvgIpc) is 3.14. The van der Waals surface area contributed by atoms with Crippen molar-refractivity contribution in [3.8, 4) is 0 Å². The van der Waals surface area contributed by atoms with Gasteiger partial charge in [0.15, 0.2) is 0 Å². The van der Waals surface area contributed by atoms with Gasteiger partial charge in [-0.2, -0.15) is 0 Å². The summed E-state index contributed by atoms with van der Waals surface area (Å²) >= 11 is 0. The first-order valence-electron chi connectivity index (χ1n) is 23.1. The van der Waals surface area contributed by atoms with E-state index in [1.165, 1.54) is 238 Å². The molecule has 0 bridgehead atoms. The zero-order valence-corrected chi connectivity index (χ0v) is 37.1. The molecule has 326 valence electrons. The van der Waals surface area contributed by atoms with Gasteiger partial charge in [0.2, 0.25) is 6.41 Å². The summed E-state index contributed by atoms with van der Waals surface area (Å²) in [4.78, 5) is 30.5. The van der Waals surface area contributed by atoms with E-state index in [0.29, 0.717) is 0 Å². The summed E-state index contributed by atoms with van der Waals surface area (Å²) in [5.41, 5.74) is 4.17. The molecule has 0 spiro atoms. The molecule has 0 radical (unpaired) electrons. The SMILES string of the molecule is CCCCCCCCCCCCCCN(CCCCCCCC(CCCCCCCC)CCCCCCCC)CCCN(C)C.NC=O.O=CO.O=CO. The predicted molar refractivity (Wildman–Crippen MR) is 236 cm³/mol. The Morgan fingerprint density at radius 3 is 0.889 bits per heavy atom. The van der Waals surface area contributed by atoms with Crippen LogP contribution in [-0.2, 0) is 14.4 Å². The fraction of sp³-hybridized carbons (Fsp3) is 0.935. The van der Waals surface area contributed by atoms with Crippen molar-refractivity contribution >= 4 is 19.4 Å². The molecule has 8 heteroatoms. The Morgan fingerprint density at radius 1 is 0.407 bits per heavy atom. The predicted octanol–water partition coefficient (Wildman–Crippen LogP) is 12.9. The van der Waals surface area contributed by atoms with E-state index < -0.39 is 0 Å². The molecular formula is C46H97N3O5. The van der Waals surface area contributed by atoms with E-state index in [9.17, 15) is 0 Å². The monoisotopic (exact) mass is 772 g/mol. The minimum absolute atomic E-state index is 0.250. The fourth-order valence-corrected chi connectivity index (χ4v) is 7.28. The molecule has 4 N–H and O–H groups in total. The van der Waals surface area contributed by atoms with Crippen molar-refractivity contribution in [1.82, 2.24) is 9.80 Å². The van der Waals surface area contributed by atoms with Crippen LogP contribution in [0, 0.1) is 5.92 Å². The molecule has 54 heavy (non-hydrogen) atoms. The number of carbonyl (C=O) groups is 3. The van der Waals surface area contributed by atoms with E-state index in [1.54, 1.807) is 0 Å². The zero-order chi connectivity index (χ0) is 41.0. The Morgan fingerprint density at radius 2 is 0.630 bits per heavy atom. The van der Waals surface area contributed by atoms with Crippen LogP contribution < -0.4 is 5.73 Å². The molecule has 0 aromatic rings. The van der Waals surface area contributed by atoms with Crippen molar-refractivity contribution in [2.75, 3.05) is 40.3 Å². The summed E-state index contributed by atoms with van der Waals surface area (Å²) in [6.07, 6.45) is 48.3. The lowest BCUT2D eigenvalue weighted by Gasteiger charge is -2.23. The van der Waals surface area contributed by atoms with Gasteiger partial charge in [-0.1, -0.05) is 213 Å². The summed E-state index contributed by atoms with van der Waals surface area (Å²) in [5, 5.41) is 13.8. The van der Waals surface area contributed by atoms with E-state index >= 15 is 0 Å². The fourth-order valence-electron chi connectivity index (χ4n) is 7.28. The maximum atomic E-state index is 8.58. The first-order chi connectivity index (χ1) is 26.4. The molecule has 0 aliphatic carbocycles. The first-order valence-corrected chi connectivity index (χ1v) is 23.1. The molecule has 0 aromatic heterocycles. The first kappa shape index (κ1) is 59.0. The van der Waals surface area contributed by atoms with Crippen molar-refractivity contribution in [2.45, 2.75) is 233 Å². The summed E-state index contributed by atoms with van der Waals surface area (Å²) in [5.74, 6) is 1.02. The normalized spacial score (nSPS) is 10.7. The number of nitrogens with zero attached hydrogens (tertiary/aromatic N) is 2. The van der Waals surface area contributed by atoms with Crippen LogP contribution >= 0.6 is 0 Å². The highest BCUT2D eigenvalue weighted by molar-refractivity contribution is 5.42. The summed E-state index contributed by atoms with van der Waals surface area (Å²) in [6, 6.07) is 0. The minimum Gasteiger partial charge on any atom is -0.483 e. The van der Waals surface area contributed by atoms with Gasteiger partial charge in [0.25, 0.3) is 12.9 Å². The van der Waals surface area contributed by atoms with Crippen molar-refractivity contribution in [1.29, 1.82) is 0 Å². The number of unbranched alkanes of at least 4 members (excludes halogenated alkanes) is 25. The van der Waals surface area contributed by atoms with Gasteiger partial charge in [-0.25, -0.2) is 0 Å². The van der Waals surface area contributed by atoms with Gasteiger partial charge in [-0.05, 0) is 65.5 Å². The molecule has 0 fully saturated rings. The number of carboxylic acid groups (broad SMARTS) is 2. The van der Waals surface area contributed by atoms with Gasteiger partial charge in [-0.3, -0.25) is 14.4 Å². The van der Waals surface area contributed by atoms with Gasteiger partial charge < -0.3 is 25.7 Å². The van der Waals surface area contributed by atoms with Crippen LogP contribution in [-0.4, -0.2) is 79.6 Å². The Labute approximate surface area is 337 Å². The molecule has 0 aliphatic heterocycles. The highest BCUT2D eigenvalue weighted by atomic mass is 16.3. The van der Waals surface area contributed by atoms with Gasteiger partial charge in [-0.15, -0.1) is 0 Å². The van der Waals surface area contributed by atoms with Crippen molar-refractivity contribution in [2.24, 2.45) is 11.7 Å². The highest BCUT2D eigenvalue weighted by Crippen LogP contribution is 2.25. The summed E-state index contributed by atoms with van der Waals surface area (Å²) in [6.45, 7) is 11.7. The molecule has 0 atom stereocenters. The molecule has 0 saturated heterocycles. The second-order valence-electron chi connectivity index (χ2n) is 15.8. The molecule has 0 aromatic carbocycles. The van der Waals surface area contributed by atoms with Crippen LogP contribution in [0.1, 0.15) is 233 Å². The molecule has 0 rings (SSSR count). The molecular weight excluding hydrogens is 675 g/mol. The highest BCUT2D eigenvalue weighted by Gasteiger charge is 2.10. The van der Waals surface area contributed by atoms with Gasteiger partial charge in [0, 0.05) is 0 Å². The van der Waals surface area contributed by atoms with E-state index in [-0.39, 0.29) is 19.4 Å². The third-order valence-corrected chi connectivity index (χ3v) is 10.4. The van der Waals surface area contributed by atoms with E-state index in [1.807, 2.05) is 0 Å². The Hall–Kier alpha value is -1.67. The molecule has 0 heterocycles. The third-order valence-electron chi connectivity index (χ3n) is 10.4. The van der Waals surface area contributed by atoms with Crippen molar-refractivity contribution in [3.63, 3.8) is 0 Å². The number of rotatable bonds is 39. The number of primary amides is 1. The standard InChI is InChI=1S/C43H90N2.CH3NO.2CH2O2/c1-6-9-12-15-18-19-20-21-22-23-28-33-40-45(42-35-39-44(4)5)41-34-29-24-27-32-38-43(36-30-25-16-13-10-7-2)37-31-26-17-14-11-8-3;3*2-1-3/h43H,6-42H2,1-5H3;1H,(H2,2,3);2*1H,(H,2,3). The molecule has 1 amide bonds. The zero-order valence-electron chi connectivity index (χ0n) is 37.1. The number of nitrogens with two attached hydrogens (primary N) is 1. The molecule has 8 nitrogen and oxygen atoms in total. The van der Waals surface area contributed by atoms with Crippen molar-refractivity contribution in [3.05, 3.63) is 0 Å². The quantitative estimate of drug-likeness (QED) is 0.0420. The molecule has 0 saturated carbocycles. The topological polar surface area (TPSA) is 124 Å². The van der Waals surface area contributed by atoms with Crippen LogP contribution in [0.25, 0.3) is 0 Å². The van der Waals surface area contributed by atoms with Crippen molar-refractivity contribution < 1.29 is 24.6 Å². The molecule has 0 aliphatic rings. The number of hydrogen-bond acceptors (Lipinski definition) is 5. The number of carbonyl (C=O) groups excluding carboxylic acids is 1. The minimum atomic E-state index is -0.250. The van der Waals surface area contributed by atoms with Crippen LogP contribution in [0.5, 0.6) is 0 Å². The largest absolute Gasteiger partial charge is 0.483 e. The lowest BCUT2D eigenvalue weighted by Crippen LogP contribution is -2.29. The van der Waals surface area contributed by atoms with E-state index in [2.05, 4.69) is 50.4 Å². The van der Waals surface area contributed by atoms with E-state index in [4.69, 9.17) is 24.6 Å². The lowest BCUT2D eigenvalue weighted by atomic mass is 9.89. The van der Waals surface area contributed by atoms with Gasteiger partial charge in [0.05, 0.1) is 0 Å². The summed E-state index contributed by atoms with van der Waals surface area (Å²) in [7, 11) is 4.45. The van der Waals surface area contributed by atoms with Gasteiger partial charge in [0.1, 0.15) is 0 Å². The van der Waals surface area contributed by atoms with Crippen LogP contribution in [0.15, 0.2) is 0 Å². The maximum absolute atomic E-state index is 8.58. The second kappa shape index (κ2) is 58.0. The smallest absolute Gasteiger partial charge is 0.290 e. The lowest BCUT2D eigenvalue weighted by molar-refractivity contribution is -0.123. The number of hydrogen-bond donors (Lipinski definition) is 3. The third kappa shape index (κ3) is 62.3. The second-order valence-corrected chi connectivity index (χ2v) is 15.8. The summed E-state index contributed by atoms with van der Waals surface area (Å²) < 4.78 is 0. The maximum Gasteiger partial charge on any atom is 0.290 e. The Kier molecular flexibility index (Phi) is 63.4. The van der Waals surface area contributed by atoms with Crippen LogP contribution in [0.2, 0.25) is 0 Å². The van der Waals surface area contributed by atoms with Crippen LogP contribution in [0.3, 0.4) is 0 Å². The average molecular weight is 772 g/mol. The Bertz CT molecular complexity index is 638. The van der Waals surface area contributed by atoms with Gasteiger partial charge >= 0.3 is 0 Å². The van der Waals surface area contributed by atoms with Crippen LogP contribution in [0.4, 0.5) is 0 Å². The van der Waals surface area contributed by atoms with E-state index in [0.717, 1.165) is 5.92 Å². The Balaban J connectivity index is -0.00000125.